The Balaban J connectivity index is 2.24. The summed E-state index contributed by atoms with van der Waals surface area (Å²) in [7, 11) is -3.68. The van der Waals surface area contributed by atoms with Crippen LogP contribution in [0.2, 0.25) is 0 Å². The maximum atomic E-state index is 11.8. The van der Waals surface area contributed by atoms with Crippen molar-refractivity contribution in [1.82, 2.24) is 4.72 Å². The summed E-state index contributed by atoms with van der Waals surface area (Å²) in [4.78, 5) is 10.8. The van der Waals surface area contributed by atoms with Crippen molar-refractivity contribution in [2.45, 2.75) is 11.8 Å². The van der Waals surface area contributed by atoms with Gasteiger partial charge in [0, 0.05) is 6.07 Å². The molecule has 0 unspecified atom stereocenters. The van der Waals surface area contributed by atoms with E-state index < -0.39 is 10.0 Å². The van der Waals surface area contributed by atoms with Gasteiger partial charge in [-0.25, -0.2) is 13.1 Å². The number of carbonyl (C=O) groups excluding carboxylic acids is 1. The van der Waals surface area contributed by atoms with Crippen molar-refractivity contribution in [3.63, 3.8) is 0 Å². The van der Waals surface area contributed by atoms with E-state index >= 15 is 0 Å². The normalized spacial score (nSPS) is 13.7. The first-order valence-electron chi connectivity index (χ1n) is 4.88. The van der Waals surface area contributed by atoms with Crippen molar-refractivity contribution in [2.24, 2.45) is 0 Å². The van der Waals surface area contributed by atoms with Crippen molar-refractivity contribution >= 4 is 15.8 Å². The Morgan fingerprint density at radius 3 is 2.76 bits per heavy atom. The van der Waals surface area contributed by atoms with E-state index in [0.717, 1.165) is 0 Å². The molecular weight excluding hydrogens is 246 g/mol. The molecule has 0 saturated heterocycles. The average molecular weight is 257 g/mol. The predicted octanol–water partition coefficient (Wildman–Crippen LogP) is 0.283. The lowest BCUT2D eigenvalue weighted by Gasteiger charge is -2.05. The Kier molecular flexibility index (Phi) is 3.03. The van der Waals surface area contributed by atoms with Crippen LogP contribution < -0.4 is 14.2 Å². The number of Topliss-reactive ketones (excluding diaryl/α,β-unsaturated/α-hetero) is 1. The fourth-order valence-electron chi connectivity index (χ4n) is 1.32. The lowest BCUT2D eigenvalue weighted by molar-refractivity contribution is -0.115. The smallest absolute Gasteiger partial charge is 0.241 e. The first-order valence-corrected chi connectivity index (χ1v) is 6.36. The van der Waals surface area contributed by atoms with E-state index in [-0.39, 0.29) is 24.0 Å². The third kappa shape index (κ3) is 2.56. The molecule has 17 heavy (non-hydrogen) atoms. The van der Waals surface area contributed by atoms with Gasteiger partial charge in [-0.1, -0.05) is 0 Å². The molecule has 0 radical (unpaired) electrons. The maximum Gasteiger partial charge on any atom is 0.241 e. The van der Waals surface area contributed by atoms with Crippen LogP contribution in [0.4, 0.5) is 0 Å². The molecule has 1 heterocycles. The number of rotatable bonds is 4. The molecular formula is C10H11NO5S. The molecule has 92 valence electrons. The molecule has 6 nitrogen and oxygen atoms in total. The Morgan fingerprint density at radius 1 is 1.35 bits per heavy atom. The van der Waals surface area contributed by atoms with E-state index in [1.807, 2.05) is 0 Å². The van der Waals surface area contributed by atoms with Crippen molar-refractivity contribution in [1.29, 1.82) is 0 Å². The quantitative estimate of drug-likeness (QED) is 0.838. The molecule has 1 aliphatic heterocycles. The summed E-state index contributed by atoms with van der Waals surface area (Å²) in [6.45, 7) is 1.17. The van der Waals surface area contributed by atoms with E-state index in [1.165, 1.54) is 25.1 Å². The molecule has 0 fully saturated rings. The van der Waals surface area contributed by atoms with Crippen molar-refractivity contribution in [2.75, 3.05) is 13.3 Å². The summed E-state index contributed by atoms with van der Waals surface area (Å²) in [6.07, 6.45) is 0. The summed E-state index contributed by atoms with van der Waals surface area (Å²) in [5.74, 6) is 0.639. The molecule has 0 aromatic heterocycles. The van der Waals surface area contributed by atoms with Crippen molar-refractivity contribution in [3.05, 3.63) is 18.2 Å². The van der Waals surface area contributed by atoms with Gasteiger partial charge in [0.1, 0.15) is 5.78 Å². The highest BCUT2D eigenvalue weighted by Crippen LogP contribution is 2.33. The molecule has 0 spiro atoms. The average Bonchev–Trinajstić information content (AvgIpc) is 2.73. The SMILES string of the molecule is CC(=O)CNS(=O)(=O)c1ccc2c(c1)OCO2. The number of nitrogens with one attached hydrogen (secondary N) is 1. The number of fused-ring (bicyclic) bond motifs is 1. The van der Waals surface area contributed by atoms with Crippen LogP contribution in [-0.2, 0) is 14.8 Å². The van der Waals surface area contributed by atoms with Crippen molar-refractivity contribution in [3.8, 4) is 11.5 Å². The summed E-state index contributed by atoms with van der Waals surface area (Å²) in [6, 6.07) is 4.28. The zero-order valence-electron chi connectivity index (χ0n) is 9.10. The van der Waals surface area contributed by atoms with E-state index in [4.69, 9.17) is 9.47 Å². The summed E-state index contributed by atoms with van der Waals surface area (Å²) in [5.41, 5.74) is 0. The highest BCUT2D eigenvalue weighted by Gasteiger charge is 2.20. The third-order valence-electron chi connectivity index (χ3n) is 2.17. The van der Waals surface area contributed by atoms with Gasteiger partial charge in [-0.05, 0) is 19.1 Å². The van der Waals surface area contributed by atoms with Gasteiger partial charge < -0.3 is 9.47 Å². The third-order valence-corrected chi connectivity index (χ3v) is 3.56. The maximum absolute atomic E-state index is 11.8. The zero-order valence-corrected chi connectivity index (χ0v) is 9.91. The molecule has 1 aromatic rings. The van der Waals surface area contributed by atoms with Gasteiger partial charge in [-0.3, -0.25) is 4.79 Å². The number of sulfonamides is 1. The molecule has 0 aliphatic carbocycles. The van der Waals surface area contributed by atoms with Crippen LogP contribution >= 0.6 is 0 Å². The van der Waals surface area contributed by atoms with Gasteiger partial charge >= 0.3 is 0 Å². The molecule has 1 aromatic carbocycles. The van der Waals surface area contributed by atoms with Crippen molar-refractivity contribution < 1.29 is 22.7 Å². The number of ketones is 1. The molecule has 1 N–H and O–H groups in total. The first kappa shape index (κ1) is 11.9. The van der Waals surface area contributed by atoms with E-state index in [9.17, 15) is 13.2 Å². The van der Waals surface area contributed by atoms with Crippen LogP contribution in [0.25, 0.3) is 0 Å². The monoisotopic (exact) mass is 257 g/mol. The Morgan fingerprint density at radius 2 is 2.06 bits per heavy atom. The predicted molar refractivity (Wildman–Crippen MR) is 58.4 cm³/mol. The molecule has 0 saturated carbocycles. The highest BCUT2D eigenvalue weighted by atomic mass is 32.2. The minimum absolute atomic E-state index is 0.0444. The molecule has 2 rings (SSSR count). The number of ether oxygens (including phenoxy) is 2. The Labute approximate surface area is 98.6 Å². The number of carbonyl (C=O) groups is 1. The molecule has 0 bridgehead atoms. The lowest BCUT2D eigenvalue weighted by atomic mass is 10.3. The summed E-state index contributed by atoms with van der Waals surface area (Å²) >= 11 is 0. The van der Waals surface area contributed by atoms with Crippen LogP contribution in [0.5, 0.6) is 11.5 Å². The topological polar surface area (TPSA) is 81.7 Å². The zero-order chi connectivity index (χ0) is 12.5. The van der Waals surface area contributed by atoms with Gasteiger partial charge in [0.25, 0.3) is 0 Å². The van der Waals surface area contributed by atoms with Gasteiger partial charge in [0.2, 0.25) is 16.8 Å². The van der Waals surface area contributed by atoms with Gasteiger partial charge in [-0.15, -0.1) is 0 Å². The second-order valence-electron chi connectivity index (χ2n) is 3.54. The van der Waals surface area contributed by atoms with Crippen LogP contribution in [0.1, 0.15) is 6.92 Å². The number of hydrogen-bond donors (Lipinski definition) is 1. The van der Waals surface area contributed by atoms with Gasteiger partial charge in [0.15, 0.2) is 11.5 Å². The summed E-state index contributed by atoms with van der Waals surface area (Å²) < 4.78 is 35.9. The molecule has 1 aliphatic rings. The van der Waals surface area contributed by atoms with E-state index in [1.54, 1.807) is 0 Å². The van der Waals surface area contributed by atoms with Crippen LogP contribution in [0.3, 0.4) is 0 Å². The summed E-state index contributed by atoms with van der Waals surface area (Å²) in [5, 5.41) is 0. The molecule has 7 heteroatoms. The minimum Gasteiger partial charge on any atom is -0.454 e. The Bertz CT molecular complexity index is 552. The number of benzene rings is 1. The number of hydrogen-bond acceptors (Lipinski definition) is 5. The Hall–Kier alpha value is -1.60. The fourth-order valence-corrected chi connectivity index (χ4v) is 2.39. The first-order chi connectivity index (χ1) is 7.99. The molecule has 0 amide bonds. The van der Waals surface area contributed by atoms with E-state index in [0.29, 0.717) is 11.5 Å². The standard InChI is InChI=1S/C10H11NO5S/c1-7(12)5-11-17(13,14)8-2-3-9-10(4-8)16-6-15-9/h2-4,11H,5-6H2,1H3. The molecule has 0 atom stereocenters. The highest BCUT2D eigenvalue weighted by molar-refractivity contribution is 7.89. The van der Waals surface area contributed by atoms with Crippen LogP contribution in [0.15, 0.2) is 23.1 Å². The second kappa shape index (κ2) is 4.34. The minimum atomic E-state index is -3.68. The largest absolute Gasteiger partial charge is 0.454 e. The second-order valence-corrected chi connectivity index (χ2v) is 5.31. The van der Waals surface area contributed by atoms with Gasteiger partial charge in [0.05, 0.1) is 11.4 Å². The van der Waals surface area contributed by atoms with E-state index in [2.05, 4.69) is 4.72 Å². The van der Waals surface area contributed by atoms with Gasteiger partial charge in [-0.2, -0.15) is 0 Å². The van der Waals surface area contributed by atoms with Crippen LogP contribution in [0, 0.1) is 0 Å². The lowest BCUT2D eigenvalue weighted by Crippen LogP contribution is -2.28. The fraction of sp³-hybridized carbons (Fsp3) is 0.300. The van der Waals surface area contributed by atoms with Crippen LogP contribution in [-0.4, -0.2) is 27.5 Å².